The Kier molecular flexibility index (Phi) is 4.56. The molecule has 142 valence electrons. The molecular weight excluding hydrogens is 374 g/mol. The molecule has 0 aliphatic carbocycles. The number of carbonyl (C=O) groups is 1. The van der Waals surface area contributed by atoms with Gasteiger partial charge in [-0.05, 0) is 55.6 Å². The van der Waals surface area contributed by atoms with Crippen molar-refractivity contribution in [3.05, 3.63) is 74.9 Å². The Morgan fingerprint density at radius 3 is 2.64 bits per heavy atom. The lowest BCUT2D eigenvalue weighted by atomic mass is 10.2. The second kappa shape index (κ2) is 7.05. The van der Waals surface area contributed by atoms with E-state index >= 15 is 0 Å². The molecule has 28 heavy (non-hydrogen) atoms. The lowest BCUT2D eigenvalue weighted by Crippen LogP contribution is -2.28. The van der Waals surface area contributed by atoms with E-state index in [0.717, 1.165) is 17.1 Å². The number of aryl methyl sites for hydroxylation is 2. The minimum Gasteiger partial charge on any atom is -0.334 e. The van der Waals surface area contributed by atoms with Crippen molar-refractivity contribution in [1.82, 2.24) is 24.6 Å². The number of H-pyrrole nitrogens is 1. The van der Waals surface area contributed by atoms with Gasteiger partial charge >= 0.3 is 0 Å². The van der Waals surface area contributed by atoms with Crippen LogP contribution in [0.2, 0.25) is 0 Å². The zero-order valence-corrected chi connectivity index (χ0v) is 16.6. The number of fused-ring (bicyclic) bond motifs is 1. The first-order valence-corrected chi connectivity index (χ1v) is 9.66. The van der Waals surface area contributed by atoms with E-state index in [1.807, 2.05) is 42.1 Å². The highest BCUT2D eigenvalue weighted by atomic mass is 32.1. The highest BCUT2D eigenvalue weighted by molar-refractivity contribution is 7.17. The Morgan fingerprint density at radius 1 is 1.21 bits per heavy atom. The first-order chi connectivity index (χ1) is 13.4. The summed E-state index contributed by atoms with van der Waals surface area (Å²) in [7, 11) is 1.69. The average molecular weight is 393 g/mol. The Morgan fingerprint density at radius 2 is 1.96 bits per heavy atom. The summed E-state index contributed by atoms with van der Waals surface area (Å²) in [6.07, 6.45) is 0. The van der Waals surface area contributed by atoms with Gasteiger partial charge in [-0.1, -0.05) is 0 Å². The van der Waals surface area contributed by atoms with Crippen molar-refractivity contribution in [3.8, 4) is 5.69 Å². The van der Waals surface area contributed by atoms with Crippen molar-refractivity contribution in [2.75, 3.05) is 7.05 Å². The fourth-order valence-electron chi connectivity index (χ4n) is 3.15. The summed E-state index contributed by atoms with van der Waals surface area (Å²) in [5, 5.41) is 6.28. The van der Waals surface area contributed by atoms with Crippen molar-refractivity contribution in [2.45, 2.75) is 20.4 Å². The number of rotatable bonds is 4. The highest BCUT2D eigenvalue weighted by Gasteiger charge is 2.15. The summed E-state index contributed by atoms with van der Waals surface area (Å²) in [6.45, 7) is 4.16. The summed E-state index contributed by atoms with van der Waals surface area (Å²) in [5.74, 6) is 0.319. The molecule has 3 heterocycles. The number of aromatic nitrogens is 4. The van der Waals surface area contributed by atoms with E-state index in [-0.39, 0.29) is 18.0 Å². The number of hydrogen-bond donors (Lipinski definition) is 1. The van der Waals surface area contributed by atoms with Gasteiger partial charge in [-0.15, -0.1) is 11.3 Å². The van der Waals surface area contributed by atoms with Crippen LogP contribution in [0.4, 0.5) is 0 Å². The van der Waals surface area contributed by atoms with E-state index in [1.54, 1.807) is 25.2 Å². The van der Waals surface area contributed by atoms with Crippen LogP contribution < -0.4 is 5.56 Å². The minimum atomic E-state index is -0.176. The topological polar surface area (TPSA) is 83.9 Å². The molecule has 1 amide bonds. The molecule has 3 aromatic heterocycles. The van der Waals surface area contributed by atoms with Crippen molar-refractivity contribution in [2.24, 2.45) is 0 Å². The Balaban J connectivity index is 1.53. The standard InChI is InChI=1S/C20H19N5O2S/c1-12-10-13(2)25(23-12)15-6-4-14(5-7-15)20(27)24(3)11-17-21-16-8-9-28-18(16)19(26)22-17/h4-10H,11H2,1-3H3,(H,21,22,26). The fraction of sp³-hybridized carbons (Fsp3) is 0.200. The third-order valence-corrected chi connectivity index (χ3v) is 5.37. The summed E-state index contributed by atoms with van der Waals surface area (Å²) in [6, 6.07) is 11.1. The molecule has 0 atom stereocenters. The minimum absolute atomic E-state index is 0.145. The Hall–Kier alpha value is -3.26. The maximum atomic E-state index is 12.8. The molecule has 8 heteroatoms. The lowest BCUT2D eigenvalue weighted by molar-refractivity contribution is 0.0781. The fourth-order valence-corrected chi connectivity index (χ4v) is 3.87. The molecule has 1 N–H and O–H groups in total. The van der Waals surface area contributed by atoms with Crippen molar-refractivity contribution in [3.63, 3.8) is 0 Å². The van der Waals surface area contributed by atoms with Crippen LogP contribution in [0, 0.1) is 13.8 Å². The maximum Gasteiger partial charge on any atom is 0.268 e. The van der Waals surface area contributed by atoms with Crippen molar-refractivity contribution in [1.29, 1.82) is 0 Å². The highest BCUT2D eigenvalue weighted by Crippen LogP contribution is 2.16. The summed E-state index contributed by atoms with van der Waals surface area (Å²) >= 11 is 1.35. The van der Waals surface area contributed by atoms with Gasteiger partial charge in [0.15, 0.2) is 0 Å². The largest absolute Gasteiger partial charge is 0.334 e. The summed E-state index contributed by atoms with van der Waals surface area (Å²) in [4.78, 5) is 33.6. The number of nitrogens with one attached hydrogen (secondary N) is 1. The molecule has 1 aromatic carbocycles. The predicted octanol–water partition coefficient (Wildman–Crippen LogP) is 3.06. The normalized spacial score (nSPS) is 11.1. The summed E-state index contributed by atoms with van der Waals surface area (Å²) < 4.78 is 2.44. The van der Waals surface area contributed by atoms with Gasteiger partial charge in [0.05, 0.1) is 23.4 Å². The molecule has 7 nitrogen and oxygen atoms in total. The molecule has 0 aliphatic heterocycles. The number of hydrogen-bond acceptors (Lipinski definition) is 5. The number of nitrogens with zero attached hydrogens (tertiary/aromatic N) is 4. The number of amides is 1. The van der Waals surface area contributed by atoms with E-state index in [1.165, 1.54) is 16.2 Å². The Bertz CT molecular complexity index is 1220. The molecular formula is C20H19N5O2S. The molecule has 4 aromatic rings. The Labute approximate surface area is 165 Å². The third kappa shape index (κ3) is 3.34. The molecule has 0 unspecified atom stereocenters. The van der Waals surface area contributed by atoms with Crippen molar-refractivity contribution >= 4 is 27.5 Å². The van der Waals surface area contributed by atoms with Crippen LogP contribution in [-0.2, 0) is 6.54 Å². The van der Waals surface area contributed by atoms with Gasteiger partial charge < -0.3 is 9.88 Å². The third-order valence-electron chi connectivity index (χ3n) is 4.47. The van der Waals surface area contributed by atoms with Crippen LogP contribution >= 0.6 is 11.3 Å². The van der Waals surface area contributed by atoms with Crippen LogP contribution in [-0.4, -0.2) is 37.6 Å². The molecule has 0 radical (unpaired) electrons. The number of aromatic amines is 1. The lowest BCUT2D eigenvalue weighted by Gasteiger charge is -2.17. The van der Waals surface area contributed by atoms with E-state index in [0.29, 0.717) is 21.6 Å². The smallest absolute Gasteiger partial charge is 0.268 e. The first kappa shape index (κ1) is 18.1. The second-order valence-corrected chi connectivity index (χ2v) is 7.61. The van der Waals surface area contributed by atoms with Crippen LogP contribution in [0.3, 0.4) is 0 Å². The number of thiophene rings is 1. The molecule has 0 saturated heterocycles. The van der Waals surface area contributed by atoms with Crippen molar-refractivity contribution < 1.29 is 4.79 Å². The molecule has 4 rings (SSSR count). The SMILES string of the molecule is Cc1cc(C)n(-c2ccc(C(=O)N(C)Cc3nc4ccsc4c(=O)[nH]3)cc2)n1. The van der Waals surface area contributed by atoms with Gasteiger partial charge in [0, 0.05) is 18.3 Å². The summed E-state index contributed by atoms with van der Waals surface area (Å²) in [5.41, 5.74) is 3.92. The molecule has 0 bridgehead atoms. The van der Waals surface area contributed by atoms with Crippen LogP contribution in [0.25, 0.3) is 15.9 Å². The average Bonchev–Trinajstić information content (AvgIpc) is 3.27. The van der Waals surface area contributed by atoms with Gasteiger partial charge in [-0.25, -0.2) is 9.67 Å². The van der Waals surface area contributed by atoms with Crippen LogP contribution in [0.5, 0.6) is 0 Å². The van der Waals surface area contributed by atoms with Gasteiger partial charge in [0.1, 0.15) is 10.5 Å². The van der Waals surface area contributed by atoms with E-state index in [4.69, 9.17) is 0 Å². The first-order valence-electron chi connectivity index (χ1n) is 8.78. The zero-order valence-electron chi connectivity index (χ0n) is 15.8. The van der Waals surface area contributed by atoms with Gasteiger partial charge in [-0.3, -0.25) is 9.59 Å². The monoisotopic (exact) mass is 393 g/mol. The van der Waals surface area contributed by atoms with Crippen LogP contribution in [0.15, 0.2) is 46.6 Å². The van der Waals surface area contributed by atoms with Crippen LogP contribution in [0.1, 0.15) is 27.6 Å². The molecule has 0 fully saturated rings. The van der Waals surface area contributed by atoms with Gasteiger partial charge in [0.2, 0.25) is 0 Å². The number of carbonyl (C=O) groups excluding carboxylic acids is 1. The number of benzene rings is 1. The molecule has 0 spiro atoms. The predicted molar refractivity (Wildman–Crippen MR) is 109 cm³/mol. The van der Waals surface area contributed by atoms with E-state index in [2.05, 4.69) is 15.1 Å². The van der Waals surface area contributed by atoms with E-state index < -0.39 is 0 Å². The second-order valence-electron chi connectivity index (χ2n) is 6.69. The quantitative estimate of drug-likeness (QED) is 0.578. The van der Waals surface area contributed by atoms with Gasteiger partial charge in [0.25, 0.3) is 11.5 Å². The van der Waals surface area contributed by atoms with Gasteiger partial charge in [-0.2, -0.15) is 5.10 Å². The maximum absolute atomic E-state index is 12.8. The molecule has 0 saturated carbocycles. The van der Waals surface area contributed by atoms with E-state index in [9.17, 15) is 9.59 Å². The molecule has 0 aliphatic rings. The zero-order chi connectivity index (χ0) is 19.8.